The van der Waals surface area contributed by atoms with Crippen molar-refractivity contribution in [1.82, 2.24) is 0 Å². The van der Waals surface area contributed by atoms with Crippen LogP contribution in [0.1, 0.15) is 51.7 Å². The van der Waals surface area contributed by atoms with Crippen LogP contribution in [-0.2, 0) is 38.1 Å². The first-order valence-electron chi connectivity index (χ1n) is 31.1. The third-order valence-corrected chi connectivity index (χ3v) is 15.6. The number of esters is 4. The maximum absolute atomic E-state index is 15.0. The molecule has 0 heterocycles. The molecule has 0 aliphatic carbocycles. The summed E-state index contributed by atoms with van der Waals surface area (Å²) in [4.78, 5) is 83.5. The van der Waals surface area contributed by atoms with Gasteiger partial charge in [0.2, 0.25) is 0 Å². The number of nitrogens with zero attached hydrogens (tertiary/aromatic N) is 10. The Morgan fingerprint density at radius 1 is 0.433 bits per heavy atom. The van der Waals surface area contributed by atoms with Crippen LogP contribution in [0.5, 0.6) is 11.5 Å². The average Bonchev–Trinajstić information content (AvgIpc) is 0.812. The third kappa shape index (κ3) is 20.4. The number of nitro benzene ring substituents is 2. The predicted octanol–water partition coefficient (Wildman–Crippen LogP) is 15.1. The zero-order valence-electron chi connectivity index (χ0n) is 53.8. The fourth-order valence-corrected chi connectivity index (χ4v) is 10.2. The summed E-state index contributed by atoms with van der Waals surface area (Å²) in [6.07, 6.45) is -1.03. The molecule has 0 saturated carbocycles. The molecule has 24 heteroatoms. The number of benzene rings is 8. The van der Waals surface area contributed by atoms with Crippen molar-refractivity contribution < 1.29 is 57.4 Å². The normalized spacial score (nSPS) is 11.7. The number of carbonyl (C=O) groups is 4. The fourth-order valence-electron chi connectivity index (χ4n) is 10.2. The first kappa shape index (κ1) is 70.7. The lowest BCUT2D eigenvalue weighted by atomic mass is 9.73. The van der Waals surface area contributed by atoms with Crippen molar-refractivity contribution in [2.24, 2.45) is 37.7 Å². The minimum absolute atomic E-state index is 0.0676. The summed E-state index contributed by atoms with van der Waals surface area (Å²) in [5, 5.41) is 57.5. The molecule has 0 amide bonds. The van der Waals surface area contributed by atoms with Crippen molar-refractivity contribution in [3.63, 3.8) is 0 Å². The Morgan fingerprint density at radius 2 is 0.732 bits per heavy atom. The Balaban J connectivity index is 0.973. The lowest BCUT2D eigenvalue weighted by Gasteiger charge is -2.33. The highest BCUT2D eigenvalue weighted by Gasteiger charge is 2.52. The maximum atomic E-state index is 15.0. The Labute approximate surface area is 560 Å². The van der Waals surface area contributed by atoms with Gasteiger partial charge in [0.1, 0.15) is 51.1 Å². The number of carbonyl (C=O) groups excluding carboxylic acids is 4. The predicted molar refractivity (Wildman–Crippen MR) is 361 cm³/mol. The molecule has 0 radical (unpaired) electrons. The number of nitro groups is 2. The van der Waals surface area contributed by atoms with Gasteiger partial charge < -0.3 is 38.2 Å². The van der Waals surface area contributed by atoms with Crippen LogP contribution in [0.4, 0.5) is 45.5 Å². The molecule has 0 bridgehead atoms. The van der Waals surface area contributed by atoms with Gasteiger partial charge in [-0.3, -0.25) is 39.4 Å². The summed E-state index contributed by atoms with van der Waals surface area (Å²) < 4.78 is 35.5. The van der Waals surface area contributed by atoms with Crippen molar-refractivity contribution >= 4 is 69.4 Å². The Hall–Kier alpha value is -12.2. The van der Waals surface area contributed by atoms with Crippen LogP contribution in [-0.4, -0.2) is 99.5 Å². The molecule has 8 aromatic rings. The van der Waals surface area contributed by atoms with E-state index in [0.717, 1.165) is 33.6 Å². The van der Waals surface area contributed by atoms with Crippen LogP contribution in [0.3, 0.4) is 0 Å². The molecule has 97 heavy (non-hydrogen) atoms. The van der Waals surface area contributed by atoms with Gasteiger partial charge in [0.25, 0.3) is 11.4 Å². The lowest BCUT2D eigenvalue weighted by Crippen LogP contribution is -2.47. The molecule has 0 fully saturated rings. The van der Waals surface area contributed by atoms with Gasteiger partial charge in [0.15, 0.2) is 5.41 Å². The van der Waals surface area contributed by atoms with Crippen molar-refractivity contribution in [2.45, 2.75) is 40.5 Å². The summed E-state index contributed by atoms with van der Waals surface area (Å²) in [7, 11) is 0. The van der Waals surface area contributed by atoms with Gasteiger partial charge in [-0.2, -0.15) is 31.0 Å². The second kappa shape index (κ2) is 35.2. The van der Waals surface area contributed by atoms with E-state index >= 15 is 9.59 Å². The van der Waals surface area contributed by atoms with E-state index < -0.39 is 63.8 Å². The number of nitriles is 2. The van der Waals surface area contributed by atoms with Crippen molar-refractivity contribution in [1.29, 1.82) is 10.5 Å². The number of ether oxygens (including phenoxy) is 6. The smallest absolute Gasteiger partial charge is 0.323 e. The summed E-state index contributed by atoms with van der Waals surface area (Å²) in [6.45, 7) is 7.12. The lowest BCUT2D eigenvalue weighted by molar-refractivity contribution is -0.385. The van der Waals surface area contributed by atoms with Crippen LogP contribution < -0.4 is 19.3 Å². The van der Waals surface area contributed by atoms with E-state index in [0.29, 0.717) is 58.5 Å². The highest BCUT2D eigenvalue weighted by atomic mass is 16.6. The monoisotopic (exact) mass is 1310 g/mol. The van der Waals surface area contributed by atoms with Gasteiger partial charge in [-0.15, -0.1) is 0 Å². The SMILES string of the molecule is CCN(CCOC(=O)C(C)CC(CC(C)C(=O)OCCN(CC)c1ccc(/N=N/c2ccc([N+](=O)[O-])cc2)cc1)(C(=O)OCCOc1ccc(-c2ccc(C#N)cc2)cc1)C(=O)OCCOc1ccc(-c2ccc(C#N)cc2)cc1)c1ccc(/N=N/c2ccc([N+](=O)[O-])cc2)cc1. The highest BCUT2D eigenvalue weighted by Crippen LogP contribution is 2.39. The van der Waals surface area contributed by atoms with Gasteiger partial charge in [0.05, 0.1) is 80.8 Å². The Morgan fingerprint density at radius 3 is 1.02 bits per heavy atom. The van der Waals surface area contributed by atoms with Gasteiger partial charge in [-0.25, -0.2) is 0 Å². The van der Waals surface area contributed by atoms with Gasteiger partial charge in [-0.05, 0) is 170 Å². The van der Waals surface area contributed by atoms with Crippen LogP contribution in [0.2, 0.25) is 0 Å². The van der Waals surface area contributed by atoms with E-state index in [4.69, 9.17) is 28.4 Å². The average molecular weight is 1310 g/mol. The number of hydrogen-bond acceptors (Lipinski definition) is 22. The standard InChI is InChI=1S/C73H70N10O14/c1-5-80(63-27-19-59(20-28-63)76-78-61-23-31-65(32-24-61)82(88)89)39-41-94-69(84)51(3)47-73(71(86)96-45-43-92-67-35-15-57(16-36-67)55-11-7-53(49-74)8-12-55,72(87)97-46-44-93-68-37-17-58(18-38-68)56-13-9-54(50-75)10-14-56)48-52(4)70(85)95-42-40-81(6-2)64-29-21-60(22-30-64)77-79-62-25-33-66(34-26-62)83(90)91/h7-38,51-52H,5-6,39-48H2,1-4H3/b78-76+,79-77+. The Bertz CT molecular complexity index is 3840. The van der Waals surface area contributed by atoms with Crippen LogP contribution >= 0.6 is 0 Å². The van der Waals surface area contributed by atoms with E-state index in [1.807, 2.05) is 96.4 Å². The molecular weight excluding hydrogens is 1240 g/mol. The summed E-state index contributed by atoms with van der Waals surface area (Å²) in [5.41, 5.74) is 5.55. The van der Waals surface area contributed by atoms with E-state index in [9.17, 15) is 40.3 Å². The number of rotatable bonds is 34. The molecule has 0 aliphatic heterocycles. The quantitative estimate of drug-likeness (QED) is 0.00688. The summed E-state index contributed by atoms with van der Waals surface area (Å²) in [6, 6.07) is 58.3. The van der Waals surface area contributed by atoms with E-state index in [1.54, 1.807) is 72.8 Å². The molecule has 496 valence electrons. The first-order valence-corrected chi connectivity index (χ1v) is 31.1. The zero-order chi connectivity index (χ0) is 69.1. The van der Waals surface area contributed by atoms with Crippen LogP contribution in [0, 0.1) is 60.1 Å². The van der Waals surface area contributed by atoms with Gasteiger partial charge >= 0.3 is 23.9 Å². The largest absolute Gasteiger partial charge is 0.490 e. The molecule has 0 spiro atoms. The van der Waals surface area contributed by atoms with Gasteiger partial charge in [0, 0.05) is 48.7 Å². The molecule has 2 unspecified atom stereocenters. The molecule has 0 aliphatic rings. The van der Waals surface area contributed by atoms with Crippen LogP contribution in [0.15, 0.2) is 215 Å². The molecule has 8 aromatic carbocycles. The molecule has 0 saturated heterocycles. The van der Waals surface area contributed by atoms with E-state index in [1.165, 1.54) is 62.4 Å². The number of azo groups is 2. The summed E-state index contributed by atoms with van der Waals surface area (Å²) in [5.74, 6) is -5.11. The van der Waals surface area contributed by atoms with Crippen molar-refractivity contribution in [2.75, 3.05) is 75.6 Å². The molecule has 0 aromatic heterocycles. The summed E-state index contributed by atoms with van der Waals surface area (Å²) >= 11 is 0. The number of anilines is 2. The topological polar surface area (TPSA) is 313 Å². The van der Waals surface area contributed by atoms with Crippen LogP contribution in [0.25, 0.3) is 22.3 Å². The molecular formula is C73H70N10O14. The molecule has 8 rings (SSSR count). The zero-order valence-corrected chi connectivity index (χ0v) is 53.8. The number of likely N-dealkylation sites (N-methyl/N-ethyl adjacent to an activating group) is 2. The van der Waals surface area contributed by atoms with Crippen molar-refractivity contribution in [3.8, 4) is 45.9 Å². The molecule has 24 nitrogen and oxygen atoms in total. The minimum atomic E-state index is -2.32. The van der Waals surface area contributed by atoms with Crippen molar-refractivity contribution in [3.05, 3.63) is 225 Å². The van der Waals surface area contributed by atoms with E-state index in [2.05, 4.69) is 32.6 Å². The number of hydrogen-bond donors (Lipinski definition) is 0. The number of non-ortho nitro benzene ring substituents is 2. The molecule has 0 N–H and O–H groups in total. The highest BCUT2D eigenvalue weighted by molar-refractivity contribution is 6.01. The Kier molecular flexibility index (Phi) is 25.6. The second-order valence-electron chi connectivity index (χ2n) is 22.2. The second-order valence-corrected chi connectivity index (χ2v) is 22.2. The first-order chi connectivity index (χ1) is 47.0. The van der Waals surface area contributed by atoms with Gasteiger partial charge in [-0.1, -0.05) is 62.4 Å². The maximum Gasteiger partial charge on any atom is 0.323 e. The third-order valence-electron chi connectivity index (χ3n) is 15.6. The van der Waals surface area contributed by atoms with E-state index in [-0.39, 0.29) is 64.1 Å². The molecule has 2 atom stereocenters. The minimum Gasteiger partial charge on any atom is -0.490 e. The fraction of sp³-hybridized carbons (Fsp3) is 0.260.